The van der Waals surface area contributed by atoms with Crippen LogP contribution in [0.3, 0.4) is 0 Å². The first-order chi connectivity index (χ1) is 8.44. The van der Waals surface area contributed by atoms with E-state index in [1.165, 1.54) is 0 Å². The number of nitrogens with two attached hydrogens (primary N) is 1. The second-order valence-corrected chi connectivity index (χ2v) is 6.66. The van der Waals surface area contributed by atoms with Crippen LogP contribution in [0.4, 0.5) is 0 Å². The lowest BCUT2D eigenvalue weighted by Gasteiger charge is -2.33. The van der Waals surface area contributed by atoms with E-state index in [1.807, 2.05) is 6.92 Å². The van der Waals surface area contributed by atoms with Crippen LogP contribution < -0.4 is 11.1 Å². The number of rotatable bonds is 9. The molecule has 3 unspecified atom stereocenters. The Bertz CT molecular complexity index is 282. The summed E-state index contributed by atoms with van der Waals surface area (Å²) in [6.07, 6.45) is 2.76. The topological polar surface area (TPSA) is 75.3 Å². The Morgan fingerprint density at radius 2 is 2.17 bits per heavy atom. The van der Waals surface area contributed by atoms with Gasteiger partial charge in [-0.05, 0) is 38.6 Å². The first-order valence-corrected chi connectivity index (χ1v) is 7.83. The van der Waals surface area contributed by atoms with Crippen molar-refractivity contribution in [1.82, 2.24) is 5.32 Å². The van der Waals surface area contributed by atoms with Gasteiger partial charge < -0.3 is 16.2 Å². The number of aliphatic hydroxyl groups excluding tert-OH is 1. The third kappa shape index (κ3) is 3.87. The number of carbonyl (C=O) groups excluding carboxylic acids is 1. The standard InChI is InChI=1S/C13H26N2O2S/c1-4-7-15-13(12(14)17,11-5-6-11)8-18-10(3)9(2)16/h9-11,15-16H,4-8H2,1-3H3,(H2,14,17). The molecule has 0 heterocycles. The number of thioether (sulfide) groups is 1. The first kappa shape index (κ1) is 15.8. The van der Waals surface area contributed by atoms with Gasteiger partial charge in [0.25, 0.3) is 0 Å². The van der Waals surface area contributed by atoms with Crippen molar-refractivity contribution in [2.24, 2.45) is 11.7 Å². The lowest BCUT2D eigenvalue weighted by molar-refractivity contribution is -0.124. The Kier molecular flexibility index (Phi) is 5.95. The molecular formula is C13H26N2O2S. The van der Waals surface area contributed by atoms with Crippen molar-refractivity contribution in [2.75, 3.05) is 12.3 Å². The van der Waals surface area contributed by atoms with Gasteiger partial charge in [0.1, 0.15) is 5.54 Å². The van der Waals surface area contributed by atoms with Crippen LogP contribution in [0.2, 0.25) is 0 Å². The van der Waals surface area contributed by atoms with E-state index >= 15 is 0 Å². The zero-order valence-electron chi connectivity index (χ0n) is 11.6. The maximum Gasteiger partial charge on any atom is 0.238 e. The molecular weight excluding hydrogens is 248 g/mol. The van der Waals surface area contributed by atoms with E-state index in [9.17, 15) is 9.90 Å². The largest absolute Gasteiger partial charge is 0.392 e. The number of amides is 1. The number of carbonyl (C=O) groups is 1. The van der Waals surface area contributed by atoms with Crippen molar-refractivity contribution in [3.05, 3.63) is 0 Å². The number of hydrogen-bond acceptors (Lipinski definition) is 4. The van der Waals surface area contributed by atoms with E-state index in [1.54, 1.807) is 18.7 Å². The van der Waals surface area contributed by atoms with Gasteiger partial charge in [-0.15, -0.1) is 0 Å². The highest BCUT2D eigenvalue weighted by atomic mass is 32.2. The quantitative estimate of drug-likeness (QED) is 0.589. The molecule has 0 aromatic rings. The number of hydrogen-bond donors (Lipinski definition) is 3. The highest BCUT2D eigenvalue weighted by molar-refractivity contribution is 8.00. The second kappa shape index (κ2) is 6.78. The van der Waals surface area contributed by atoms with E-state index in [-0.39, 0.29) is 17.3 Å². The molecule has 0 radical (unpaired) electrons. The molecule has 0 aliphatic heterocycles. The van der Waals surface area contributed by atoms with Gasteiger partial charge in [-0.2, -0.15) is 11.8 Å². The average Bonchev–Trinajstić information content (AvgIpc) is 3.13. The predicted octanol–water partition coefficient (Wildman–Crippen LogP) is 1.12. The Morgan fingerprint density at radius 3 is 2.56 bits per heavy atom. The molecule has 1 aliphatic rings. The SMILES string of the molecule is CCCNC(CSC(C)C(C)O)(C(N)=O)C1CC1. The second-order valence-electron chi connectivity index (χ2n) is 5.29. The predicted molar refractivity (Wildman–Crippen MR) is 76.5 cm³/mol. The van der Waals surface area contributed by atoms with Gasteiger partial charge in [-0.1, -0.05) is 13.8 Å². The zero-order valence-corrected chi connectivity index (χ0v) is 12.4. The molecule has 1 amide bonds. The molecule has 1 rings (SSSR count). The molecule has 1 fully saturated rings. The van der Waals surface area contributed by atoms with Crippen LogP contribution in [-0.2, 0) is 4.79 Å². The number of aliphatic hydroxyl groups is 1. The van der Waals surface area contributed by atoms with Crippen LogP contribution in [0.5, 0.6) is 0 Å². The van der Waals surface area contributed by atoms with E-state index in [0.29, 0.717) is 11.7 Å². The first-order valence-electron chi connectivity index (χ1n) is 6.78. The molecule has 1 aliphatic carbocycles. The molecule has 0 spiro atoms. The van der Waals surface area contributed by atoms with Crippen molar-refractivity contribution in [3.63, 3.8) is 0 Å². The zero-order chi connectivity index (χ0) is 13.8. The minimum atomic E-state index is -0.580. The average molecular weight is 274 g/mol. The van der Waals surface area contributed by atoms with Crippen LogP contribution in [-0.4, -0.2) is 40.2 Å². The molecule has 0 aromatic carbocycles. The Morgan fingerprint density at radius 1 is 1.56 bits per heavy atom. The van der Waals surface area contributed by atoms with Gasteiger partial charge in [0.2, 0.25) is 5.91 Å². The summed E-state index contributed by atoms with van der Waals surface area (Å²) in [6, 6.07) is 0. The third-order valence-corrected chi connectivity index (χ3v) is 5.20. The Hall–Kier alpha value is -0.260. The van der Waals surface area contributed by atoms with E-state index in [2.05, 4.69) is 12.2 Å². The third-order valence-electron chi connectivity index (χ3n) is 3.66. The highest BCUT2D eigenvalue weighted by Gasteiger charge is 2.49. The van der Waals surface area contributed by atoms with Gasteiger partial charge in [0.05, 0.1) is 6.10 Å². The molecule has 3 atom stereocenters. The van der Waals surface area contributed by atoms with Crippen LogP contribution in [0, 0.1) is 5.92 Å². The molecule has 0 aromatic heterocycles. The molecule has 1 saturated carbocycles. The lowest BCUT2D eigenvalue weighted by atomic mass is 9.94. The maximum absolute atomic E-state index is 11.9. The molecule has 5 heteroatoms. The van der Waals surface area contributed by atoms with Crippen molar-refractivity contribution in [2.45, 2.75) is 56.9 Å². The molecule has 4 N–H and O–H groups in total. The summed E-state index contributed by atoms with van der Waals surface area (Å²) in [7, 11) is 0. The van der Waals surface area contributed by atoms with E-state index in [0.717, 1.165) is 25.8 Å². The van der Waals surface area contributed by atoms with Crippen molar-refractivity contribution < 1.29 is 9.90 Å². The summed E-state index contributed by atoms with van der Waals surface area (Å²) in [6.45, 7) is 6.65. The van der Waals surface area contributed by atoms with E-state index < -0.39 is 5.54 Å². The Balaban J connectivity index is 2.66. The summed E-state index contributed by atoms with van der Waals surface area (Å²) in [5, 5.41) is 13.0. The maximum atomic E-state index is 11.9. The van der Waals surface area contributed by atoms with Crippen LogP contribution >= 0.6 is 11.8 Å². The number of nitrogens with one attached hydrogen (secondary N) is 1. The summed E-state index contributed by atoms with van der Waals surface area (Å²) in [5.74, 6) is 0.776. The summed E-state index contributed by atoms with van der Waals surface area (Å²) in [4.78, 5) is 11.9. The van der Waals surface area contributed by atoms with Crippen molar-refractivity contribution in [1.29, 1.82) is 0 Å². The normalized spacial score (nSPS) is 22.2. The Labute approximate surface area is 114 Å². The molecule has 0 saturated heterocycles. The minimum Gasteiger partial charge on any atom is -0.392 e. The van der Waals surface area contributed by atoms with Crippen LogP contribution in [0.15, 0.2) is 0 Å². The van der Waals surface area contributed by atoms with Crippen molar-refractivity contribution in [3.8, 4) is 0 Å². The van der Waals surface area contributed by atoms with Gasteiger partial charge in [-0.25, -0.2) is 0 Å². The van der Waals surface area contributed by atoms with Gasteiger partial charge >= 0.3 is 0 Å². The monoisotopic (exact) mass is 274 g/mol. The molecule has 4 nitrogen and oxygen atoms in total. The fourth-order valence-corrected chi connectivity index (χ4v) is 3.28. The van der Waals surface area contributed by atoms with Gasteiger partial charge in [-0.3, -0.25) is 4.79 Å². The van der Waals surface area contributed by atoms with Crippen LogP contribution in [0.25, 0.3) is 0 Å². The minimum absolute atomic E-state index is 0.117. The molecule has 0 bridgehead atoms. The highest BCUT2D eigenvalue weighted by Crippen LogP contribution is 2.42. The fraction of sp³-hybridized carbons (Fsp3) is 0.923. The van der Waals surface area contributed by atoms with E-state index in [4.69, 9.17) is 5.73 Å². The van der Waals surface area contributed by atoms with Crippen molar-refractivity contribution >= 4 is 17.7 Å². The fourth-order valence-electron chi connectivity index (χ4n) is 2.00. The molecule has 18 heavy (non-hydrogen) atoms. The smallest absolute Gasteiger partial charge is 0.238 e. The molecule has 106 valence electrons. The van der Waals surface area contributed by atoms with Gasteiger partial charge in [0, 0.05) is 11.0 Å². The number of primary amides is 1. The lowest BCUT2D eigenvalue weighted by Crippen LogP contribution is -2.59. The van der Waals surface area contributed by atoms with Crippen LogP contribution in [0.1, 0.15) is 40.0 Å². The summed E-state index contributed by atoms with van der Waals surface area (Å²) < 4.78 is 0. The summed E-state index contributed by atoms with van der Waals surface area (Å²) in [5.41, 5.74) is 5.06. The van der Waals surface area contributed by atoms with Gasteiger partial charge in [0.15, 0.2) is 0 Å². The summed E-state index contributed by atoms with van der Waals surface area (Å²) >= 11 is 1.63.